The van der Waals surface area contributed by atoms with Gasteiger partial charge in [-0.15, -0.1) is 0 Å². The van der Waals surface area contributed by atoms with Crippen LogP contribution in [0.5, 0.6) is 0 Å². The van der Waals surface area contributed by atoms with Gasteiger partial charge in [0.25, 0.3) is 0 Å². The Labute approximate surface area is 175 Å². The van der Waals surface area contributed by atoms with Gasteiger partial charge in [-0.05, 0) is 66.8 Å². The van der Waals surface area contributed by atoms with Gasteiger partial charge in [0.15, 0.2) is 9.84 Å². The maximum atomic E-state index is 14.6. The summed E-state index contributed by atoms with van der Waals surface area (Å²) >= 11 is 5.88. The molecule has 0 aromatic heterocycles. The Morgan fingerprint density at radius 1 is 0.931 bits per heavy atom. The summed E-state index contributed by atoms with van der Waals surface area (Å²) in [5.74, 6) is -1.86. The molecule has 0 spiro atoms. The molecule has 2 atom stereocenters. The van der Waals surface area contributed by atoms with Crippen molar-refractivity contribution in [2.24, 2.45) is 5.92 Å². The first kappa shape index (κ1) is 21.5. The Hall–Kier alpha value is -2.24. The largest absolute Gasteiger partial charge is 0.223 e. The molecule has 0 N–H and O–H groups in total. The number of aryl methyl sites for hydroxylation is 1. The predicted molar refractivity (Wildman–Crippen MR) is 112 cm³/mol. The van der Waals surface area contributed by atoms with Crippen molar-refractivity contribution in [3.05, 3.63) is 101 Å². The number of sulfone groups is 1. The second-order valence-corrected chi connectivity index (χ2v) is 9.59. The summed E-state index contributed by atoms with van der Waals surface area (Å²) in [4.78, 5) is 0.0297. The summed E-state index contributed by atoms with van der Waals surface area (Å²) in [6.07, 6.45) is 1.13. The van der Waals surface area contributed by atoms with Gasteiger partial charge in [0.2, 0.25) is 0 Å². The number of hydrogen-bond donors (Lipinski definition) is 0. The lowest BCUT2D eigenvalue weighted by molar-refractivity contribution is 0.468. The molecule has 0 bridgehead atoms. The van der Waals surface area contributed by atoms with Gasteiger partial charge >= 0.3 is 0 Å². The topological polar surface area (TPSA) is 34.1 Å². The fourth-order valence-corrected chi connectivity index (χ4v) is 5.67. The third kappa shape index (κ3) is 5.03. The zero-order valence-corrected chi connectivity index (χ0v) is 17.4. The molecule has 152 valence electrons. The summed E-state index contributed by atoms with van der Waals surface area (Å²) in [7, 11) is -3.98. The van der Waals surface area contributed by atoms with E-state index in [9.17, 15) is 17.2 Å². The van der Waals surface area contributed by atoms with E-state index in [1.165, 1.54) is 24.3 Å². The summed E-state index contributed by atoms with van der Waals surface area (Å²) in [6.45, 7) is 1.76. The van der Waals surface area contributed by atoms with Crippen LogP contribution in [0.15, 0.2) is 77.7 Å². The molecule has 0 amide bonds. The average Bonchev–Trinajstić information content (AvgIpc) is 2.70. The van der Waals surface area contributed by atoms with Gasteiger partial charge in [-0.3, -0.25) is 0 Å². The van der Waals surface area contributed by atoms with E-state index in [4.69, 9.17) is 11.6 Å². The molecule has 0 saturated heterocycles. The first-order chi connectivity index (χ1) is 13.8. The predicted octanol–water partition coefficient (Wildman–Crippen LogP) is 6.40. The average molecular weight is 435 g/mol. The SMILES string of the molecule is CC(CCc1ccccc1)C(c1cc(F)ccc1F)S(=O)(=O)c1ccc(Cl)cc1. The van der Waals surface area contributed by atoms with Crippen LogP contribution in [0.4, 0.5) is 8.78 Å². The highest BCUT2D eigenvalue weighted by Crippen LogP contribution is 2.39. The zero-order chi connectivity index (χ0) is 21.0. The minimum atomic E-state index is -3.98. The molecular formula is C23H21ClF2O2S. The number of hydrogen-bond acceptors (Lipinski definition) is 2. The molecule has 0 radical (unpaired) electrons. The molecule has 2 unspecified atom stereocenters. The highest BCUT2D eigenvalue weighted by atomic mass is 35.5. The molecule has 29 heavy (non-hydrogen) atoms. The van der Waals surface area contributed by atoms with E-state index < -0.39 is 32.6 Å². The number of rotatable bonds is 7. The van der Waals surface area contributed by atoms with Crippen molar-refractivity contribution in [3.8, 4) is 0 Å². The summed E-state index contributed by atoms with van der Waals surface area (Å²) < 4.78 is 55.3. The third-order valence-corrected chi connectivity index (χ3v) is 7.56. The van der Waals surface area contributed by atoms with E-state index in [-0.39, 0.29) is 10.5 Å². The van der Waals surface area contributed by atoms with Gasteiger partial charge in [-0.2, -0.15) is 0 Å². The smallest absolute Gasteiger partial charge is 0.185 e. The summed E-state index contributed by atoms with van der Waals surface area (Å²) in [6, 6.07) is 18.3. The normalized spacial score (nSPS) is 13.8. The van der Waals surface area contributed by atoms with Crippen LogP contribution in [0.1, 0.15) is 29.7 Å². The molecular weight excluding hydrogens is 414 g/mol. The van der Waals surface area contributed by atoms with Gasteiger partial charge in [-0.1, -0.05) is 48.9 Å². The molecule has 6 heteroatoms. The van der Waals surface area contributed by atoms with Crippen LogP contribution in [0.3, 0.4) is 0 Å². The first-order valence-electron chi connectivity index (χ1n) is 9.27. The fourth-order valence-electron chi connectivity index (χ4n) is 3.47. The quantitative estimate of drug-likeness (QED) is 0.431. The fraction of sp³-hybridized carbons (Fsp3) is 0.217. The van der Waals surface area contributed by atoms with Crippen molar-refractivity contribution in [2.75, 3.05) is 0 Å². The number of halogens is 3. The molecule has 0 aliphatic carbocycles. The van der Waals surface area contributed by atoms with Crippen LogP contribution in [0.25, 0.3) is 0 Å². The second-order valence-electron chi connectivity index (χ2n) is 7.09. The van der Waals surface area contributed by atoms with E-state index in [0.29, 0.717) is 17.9 Å². The van der Waals surface area contributed by atoms with Crippen LogP contribution >= 0.6 is 11.6 Å². The second kappa shape index (κ2) is 9.06. The third-order valence-electron chi connectivity index (χ3n) is 4.99. The highest BCUT2D eigenvalue weighted by Gasteiger charge is 2.35. The lowest BCUT2D eigenvalue weighted by Crippen LogP contribution is -2.22. The van der Waals surface area contributed by atoms with Crippen molar-refractivity contribution in [3.63, 3.8) is 0 Å². The van der Waals surface area contributed by atoms with Crippen LogP contribution < -0.4 is 0 Å². The van der Waals surface area contributed by atoms with Crippen LogP contribution in [0, 0.1) is 17.6 Å². The van der Waals surface area contributed by atoms with Crippen molar-refractivity contribution in [1.29, 1.82) is 0 Å². The maximum Gasteiger partial charge on any atom is 0.185 e. The lowest BCUT2D eigenvalue weighted by Gasteiger charge is -2.25. The van der Waals surface area contributed by atoms with Gasteiger partial charge < -0.3 is 0 Å². The van der Waals surface area contributed by atoms with Gasteiger partial charge in [0, 0.05) is 10.6 Å². The Kier molecular flexibility index (Phi) is 6.70. The Morgan fingerprint density at radius 3 is 2.24 bits per heavy atom. The Balaban J connectivity index is 2.01. The lowest BCUT2D eigenvalue weighted by atomic mass is 9.93. The molecule has 0 heterocycles. The van der Waals surface area contributed by atoms with Crippen LogP contribution in [-0.4, -0.2) is 8.42 Å². The van der Waals surface area contributed by atoms with E-state index in [1.807, 2.05) is 30.3 Å². The number of benzene rings is 3. The monoisotopic (exact) mass is 434 g/mol. The summed E-state index contributed by atoms with van der Waals surface area (Å²) in [5.41, 5.74) is 0.905. The minimum absolute atomic E-state index is 0.0297. The van der Waals surface area contributed by atoms with Crippen molar-refractivity contribution in [2.45, 2.75) is 29.9 Å². The molecule has 0 aliphatic heterocycles. The molecule has 0 aliphatic rings. The van der Waals surface area contributed by atoms with Crippen molar-refractivity contribution < 1.29 is 17.2 Å². The molecule has 3 rings (SSSR count). The van der Waals surface area contributed by atoms with Crippen molar-refractivity contribution in [1.82, 2.24) is 0 Å². The molecule has 0 saturated carbocycles. The van der Waals surface area contributed by atoms with Crippen molar-refractivity contribution >= 4 is 21.4 Å². The molecule has 3 aromatic carbocycles. The standard InChI is InChI=1S/C23H21ClF2O2S/c1-16(7-8-17-5-3-2-4-6-17)23(21-15-19(25)11-14-22(21)26)29(27,28)20-12-9-18(24)10-13-20/h2-6,9-16,23H,7-8H2,1H3. The minimum Gasteiger partial charge on any atom is -0.223 e. The van der Waals surface area contributed by atoms with E-state index in [1.54, 1.807) is 6.92 Å². The van der Waals surface area contributed by atoms with Gasteiger partial charge in [0.1, 0.15) is 11.6 Å². The first-order valence-corrected chi connectivity index (χ1v) is 11.2. The van der Waals surface area contributed by atoms with Crippen LogP contribution in [-0.2, 0) is 16.3 Å². The van der Waals surface area contributed by atoms with E-state index in [2.05, 4.69) is 0 Å². The molecule has 2 nitrogen and oxygen atoms in total. The summed E-state index contributed by atoms with van der Waals surface area (Å²) in [5, 5.41) is -0.822. The van der Waals surface area contributed by atoms with E-state index >= 15 is 0 Å². The Morgan fingerprint density at radius 2 is 1.59 bits per heavy atom. The Bertz CT molecular complexity index is 1070. The molecule has 3 aromatic rings. The molecule has 0 fully saturated rings. The maximum absolute atomic E-state index is 14.6. The van der Waals surface area contributed by atoms with Gasteiger partial charge in [-0.25, -0.2) is 17.2 Å². The highest BCUT2D eigenvalue weighted by molar-refractivity contribution is 7.91. The van der Waals surface area contributed by atoms with E-state index in [0.717, 1.165) is 23.8 Å². The van der Waals surface area contributed by atoms with Gasteiger partial charge in [0.05, 0.1) is 10.1 Å². The zero-order valence-electron chi connectivity index (χ0n) is 15.9. The van der Waals surface area contributed by atoms with Crippen LogP contribution in [0.2, 0.25) is 5.02 Å².